The Labute approximate surface area is 401 Å². The Morgan fingerprint density at radius 1 is 0.838 bits per heavy atom. The molecule has 11 atom stereocenters. The van der Waals surface area contributed by atoms with Crippen LogP contribution in [-0.4, -0.2) is 149 Å². The summed E-state index contributed by atoms with van der Waals surface area (Å²) in [4.78, 5) is 116. The third kappa shape index (κ3) is 14.2. The van der Waals surface area contributed by atoms with Crippen LogP contribution in [0.1, 0.15) is 113 Å². The molecule has 4 rings (SSSR count). The Kier molecular flexibility index (Phi) is 20.3. The van der Waals surface area contributed by atoms with Crippen LogP contribution in [0.4, 0.5) is 0 Å². The first-order valence-corrected chi connectivity index (χ1v) is 24.2. The quantitative estimate of drug-likeness (QED) is 0.149. The third-order valence-electron chi connectivity index (χ3n) is 13.3. The molecule has 1 aromatic carbocycles. The Balaban J connectivity index is 1.84. The number of hydrogen-bond donors (Lipinski definition) is 5. The highest BCUT2D eigenvalue weighted by molar-refractivity contribution is 6.05. The van der Waals surface area contributed by atoms with Gasteiger partial charge in [0.25, 0.3) is 5.91 Å². The normalized spacial score (nSPS) is 29.6. The molecule has 5 amide bonds. The molecule has 3 saturated heterocycles. The second-order valence-electron chi connectivity index (χ2n) is 19.9. The topological polar surface area (TPSA) is 242 Å². The minimum absolute atomic E-state index is 0.0192. The summed E-state index contributed by atoms with van der Waals surface area (Å²) in [6, 6.07) is 0.377. The van der Waals surface area contributed by atoms with E-state index in [1.807, 2.05) is 34.6 Å². The SMILES string of the molecule is CC[C@H](C)[C@@H]1NC(=O)[C@@H](NN2CN[C@@H](CC(C)C)C2=O)[C@@H](C)OC(=O)[C@H](Cc2ccc(OC)cc2)N(C)C(=O)[C@@H]2CCCN2C(=O)[C@H](CC(C)C)NC(=O)[C@H](C)C(=O)[C@H](C(C)C)OC(=O)C[C@@H]1O. The average molecular weight is 956 g/mol. The van der Waals surface area contributed by atoms with E-state index in [9.17, 15) is 43.5 Å². The monoisotopic (exact) mass is 956 g/mol. The number of cyclic esters (lactones) is 2. The number of nitrogens with one attached hydrogen (secondary N) is 4. The van der Waals surface area contributed by atoms with Gasteiger partial charge in [0.05, 0.1) is 44.3 Å². The minimum atomic E-state index is -1.54. The second-order valence-corrected chi connectivity index (χ2v) is 19.9. The van der Waals surface area contributed by atoms with Crippen LogP contribution in [0, 0.1) is 29.6 Å². The van der Waals surface area contributed by atoms with Gasteiger partial charge in [0.1, 0.15) is 36.0 Å². The van der Waals surface area contributed by atoms with Crippen molar-refractivity contribution in [3.63, 3.8) is 0 Å². The summed E-state index contributed by atoms with van der Waals surface area (Å²) in [5.74, 6) is -7.28. The lowest BCUT2D eigenvalue weighted by Crippen LogP contribution is -2.62. The number of esters is 2. The molecule has 0 spiro atoms. The fourth-order valence-electron chi connectivity index (χ4n) is 8.93. The van der Waals surface area contributed by atoms with E-state index in [1.165, 1.54) is 42.8 Å². The standard InChI is InChI=1S/C49H77N7O12/c1-13-29(8)40-38(57)24-39(58)68-43(28(6)7)42(59)30(9)44(60)51-35(22-27(4)5)46(62)55-20-14-15-36(55)48(64)54(11)37(23-32-16-18-33(66-12)19-17-32)49(65)67-31(10)41(45(61)52-40)53-56-25-50-34(47(56)63)21-26(2)3/h16-19,26-31,34-38,40-41,43,50,53,57H,13-15,20-25H2,1-12H3,(H,51,60)(H,52,61)/t29-,30+,31+,34-,35-,36-,37-,38-,40-,41-,43-/m0/s1. The Morgan fingerprint density at radius 2 is 1.47 bits per heavy atom. The molecule has 0 aromatic heterocycles. The lowest BCUT2D eigenvalue weighted by molar-refractivity contribution is -0.163. The number of methoxy groups -OCH3 is 1. The van der Waals surface area contributed by atoms with Crippen LogP contribution in [-0.2, 0) is 54.3 Å². The van der Waals surface area contributed by atoms with Crippen LogP contribution in [0.2, 0.25) is 0 Å². The maximum absolute atomic E-state index is 14.7. The zero-order chi connectivity index (χ0) is 50.7. The lowest BCUT2D eigenvalue weighted by atomic mass is 9.91. The predicted molar refractivity (Wildman–Crippen MR) is 251 cm³/mol. The molecular weight excluding hydrogens is 879 g/mol. The zero-order valence-corrected chi connectivity index (χ0v) is 42.0. The number of carbonyl (C=O) groups excluding carboxylic acids is 8. The van der Waals surface area contributed by atoms with Gasteiger partial charge >= 0.3 is 11.9 Å². The largest absolute Gasteiger partial charge is 0.497 e. The van der Waals surface area contributed by atoms with Gasteiger partial charge in [-0.3, -0.25) is 43.9 Å². The number of carbonyl (C=O) groups is 8. The number of nitrogens with zero attached hydrogens (tertiary/aromatic N) is 3. The molecule has 3 heterocycles. The first kappa shape index (κ1) is 55.5. The first-order valence-electron chi connectivity index (χ1n) is 24.2. The van der Waals surface area contributed by atoms with E-state index in [2.05, 4.69) is 21.4 Å². The molecule has 1 aromatic rings. The van der Waals surface area contributed by atoms with E-state index in [0.29, 0.717) is 30.6 Å². The number of benzene rings is 1. The van der Waals surface area contributed by atoms with Gasteiger partial charge in [-0.05, 0) is 80.9 Å². The van der Waals surface area contributed by atoms with E-state index < -0.39 is 120 Å². The van der Waals surface area contributed by atoms with Crippen molar-refractivity contribution in [1.29, 1.82) is 0 Å². The molecule has 19 nitrogen and oxygen atoms in total. The van der Waals surface area contributed by atoms with Gasteiger partial charge in [0.2, 0.25) is 23.6 Å². The van der Waals surface area contributed by atoms with Crippen LogP contribution >= 0.6 is 0 Å². The number of ketones is 1. The van der Waals surface area contributed by atoms with Gasteiger partial charge in [-0.15, -0.1) is 0 Å². The van der Waals surface area contributed by atoms with Crippen molar-refractivity contribution in [1.82, 2.24) is 36.2 Å². The predicted octanol–water partition coefficient (Wildman–Crippen LogP) is 2.26. The number of rotatable bonds is 12. The highest BCUT2D eigenvalue weighted by atomic mass is 16.6. The molecule has 3 aliphatic heterocycles. The number of aliphatic hydroxyl groups excluding tert-OH is 1. The van der Waals surface area contributed by atoms with E-state index in [4.69, 9.17) is 14.2 Å². The van der Waals surface area contributed by atoms with Gasteiger partial charge in [-0.1, -0.05) is 73.9 Å². The van der Waals surface area contributed by atoms with E-state index in [0.717, 1.165) is 0 Å². The van der Waals surface area contributed by atoms with Crippen molar-refractivity contribution in [2.75, 3.05) is 27.4 Å². The van der Waals surface area contributed by atoms with Crippen molar-refractivity contribution in [2.45, 2.75) is 169 Å². The number of Topliss-reactive ketones (excluding diaryl/α,β-unsaturated/α-hetero) is 1. The summed E-state index contributed by atoms with van der Waals surface area (Å²) < 4.78 is 17.2. The Bertz CT molecular complexity index is 1950. The maximum atomic E-state index is 14.7. The zero-order valence-electron chi connectivity index (χ0n) is 42.0. The highest BCUT2D eigenvalue weighted by Crippen LogP contribution is 2.26. The average Bonchev–Trinajstić information content (AvgIpc) is 3.91. The van der Waals surface area contributed by atoms with Gasteiger partial charge < -0.3 is 39.8 Å². The number of hydrogen-bond acceptors (Lipinski definition) is 14. The molecule has 0 unspecified atom stereocenters. The molecule has 0 radical (unpaired) electrons. The summed E-state index contributed by atoms with van der Waals surface area (Å²) >= 11 is 0. The van der Waals surface area contributed by atoms with Crippen LogP contribution in [0.5, 0.6) is 5.75 Å². The molecule has 0 bridgehead atoms. The molecule has 0 saturated carbocycles. The van der Waals surface area contributed by atoms with Gasteiger partial charge in [-0.2, -0.15) is 0 Å². The first-order chi connectivity index (χ1) is 32.0. The van der Waals surface area contributed by atoms with E-state index >= 15 is 0 Å². The number of amides is 5. The summed E-state index contributed by atoms with van der Waals surface area (Å²) in [5, 5.41) is 21.7. The van der Waals surface area contributed by atoms with Crippen LogP contribution in [0.25, 0.3) is 0 Å². The smallest absolute Gasteiger partial charge is 0.329 e. The molecule has 0 aliphatic carbocycles. The number of likely N-dealkylation sites (N-methyl/N-ethyl adjacent to an activating group) is 1. The van der Waals surface area contributed by atoms with E-state index in [1.54, 1.807) is 45.0 Å². The number of hydrazine groups is 1. The van der Waals surface area contributed by atoms with Gasteiger partial charge in [-0.25, -0.2) is 10.2 Å². The summed E-state index contributed by atoms with van der Waals surface area (Å²) in [5.41, 5.74) is 3.62. The molecule has 3 aliphatic rings. The van der Waals surface area contributed by atoms with Gasteiger partial charge in [0, 0.05) is 20.0 Å². The van der Waals surface area contributed by atoms with Crippen molar-refractivity contribution in [2.24, 2.45) is 29.6 Å². The van der Waals surface area contributed by atoms with Crippen LogP contribution in [0.3, 0.4) is 0 Å². The molecule has 68 heavy (non-hydrogen) atoms. The lowest BCUT2D eigenvalue weighted by Gasteiger charge is -2.36. The number of fused-ring (bicyclic) bond motifs is 1. The molecular formula is C49H77N7O12. The molecule has 5 N–H and O–H groups in total. The minimum Gasteiger partial charge on any atom is -0.497 e. The van der Waals surface area contributed by atoms with Crippen LogP contribution in [0.15, 0.2) is 24.3 Å². The Hall–Kier alpha value is -5.14. The molecule has 380 valence electrons. The molecule has 3 fully saturated rings. The number of aliphatic hydroxyl groups is 1. The van der Waals surface area contributed by atoms with Crippen molar-refractivity contribution < 1.29 is 57.7 Å². The highest BCUT2D eigenvalue weighted by Gasteiger charge is 2.45. The van der Waals surface area contributed by atoms with Crippen molar-refractivity contribution in [3.05, 3.63) is 29.8 Å². The number of ether oxygens (including phenoxy) is 3. The summed E-state index contributed by atoms with van der Waals surface area (Å²) in [6.07, 6.45) is -3.08. The summed E-state index contributed by atoms with van der Waals surface area (Å²) in [7, 11) is 2.97. The van der Waals surface area contributed by atoms with Crippen LogP contribution < -0.4 is 26.1 Å². The maximum Gasteiger partial charge on any atom is 0.329 e. The third-order valence-corrected chi connectivity index (χ3v) is 13.3. The van der Waals surface area contributed by atoms with Crippen molar-refractivity contribution in [3.8, 4) is 5.75 Å². The van der Waals surface area contributed by atoms with Crippen molar-refractivity contribution >= 4 is 47.3 Å². The van der Waals surface area contributed by atoms with E-state index in [-0.39, 0.29) is 50.2 Å². The second kappa shape index (κ2) is 24.9. The Morgan fingerprint density at radius 3 is 2.06 bits per heavy atom. The molecule has 19 heteroatoms. The fraction of sp³-hybridized carbons (Fsp3) is 0.714. The van der Waals surface area contributed by atoms with Gasteiger partial charge in [0.15, 0.2) is 11.9 Å². The summed E-state index contributed by atoms with van der Waals surface area (Å²) in [6.45, 7) is 17.6. The fourth-order valence-corrected chi connectivity index (χ4v) is 8.93.